The number of carbonyl (C=O) groups excluding carboxylic acids is 3. The van der Waals surface area contributed by atoms with Crippen molar-refractivity contribution in [2.45, 2.75) is 37.7 Å². The highest BCUT2D eigenvalue weighted by molar-refractivity contribution is 5.95. The fourth-order valence-electron chi connectivity index (χ4n) is 5.21. The SMILES string of the molecule is O=C1CC2(CCN(C(=O)C3CCCN(C(=O)c4ccccc4)C3)CC2)Oc2ccccc2N1. The maximum atomic E-state index is 13.3. The summed E-state index contributed by atoms with van der Waals surface area (Å²) in [7, 11) is 0. The van der Waals surface area contributed by atoms with E-state index in [0.717, 1.165) is 12.8 Å². The van der Waals surface area contributed by atoms with Crippen molar-refractivity contribution in [1.82, 2.24) is 9.80 Å². The number of benzene rings is 2. The molecule has 1 N–H and O–H groups in total. The van der Waals surface area contributed by atoms with E-state index in [1.807, 2.05) is 64.4 Å². The molecule has 172 valence electrons. The lowest BCUT2D eigenvalue weighted by Gasteiger charge is -2.42. The number of carbonyl (C=O) groups is 3. The molecule has 3 amide bonds. The van der Waals surface area contributed by atoms with Crippen molar-refractivity contribution in [2.24, 2.45) is 5.92 Å². The van der Waals surface area contributed by atoms with E-state index in [0.29, 0.717) is 56.0 Å². The molecular formula is C26H29N3O4. The number of nitrogens with one attached hydrogen (secondary N) is 1. The van der Waals surface area contributed by atoms with E-state index in [9.17, 15) is 14.4 Å². The molecule has 0 aliphatic carbocycles. The third-order valence-electron chi connectivity index (χ3n) is 7.04. The molecule has 1 unspecified atom stereocenters. The number of nitrogens with zero attached hydrogens (tertiary/aromatic N) is 2. The highest BCUT2D eigenvalue weighted by Crippen LogP contribution is 2.38. The standard InChI is InChI=1S/C26H29N3O4/c30-23-17-26(33-22-11-5-4-10-21(22)27-23)12-15-28(16-13-26)25(32)20-9-6-14-29(18-20)24(31)19-7-2-1-3-8-19/h1-5,7-8,10-11,20H,6,9,12-18H2,(H,27,30). The van der Waals surface area contributed by atoms with Crippen LogP contribution in [0, 0.1) is 5.92 Å². The van der Waals surface area contributed by atoms with Crippen LogP contribution in [0.3, 0.4) is 0 Å². The van der Waals surface area contributed by atoms with Gasteiger partial charge in [-0.25, -0.2) is 0 Å². The number of anilines is 1. The Morgan fingerprint density at radius 3 is 2.45 bits per heavy atom. The van der Waals surface area contributed by atoms with Crippen molar-refractivity contribution in [3.05, 3.63) is 60.2 Å². The second kappa shape index (κ2) is 8.89. The Hall–Kier alpha value is -3.35. The molecule has 5 rings (SSSR count). The predicted octanol–water partition coefficient (Wildman–Crippen LogP) is 3.32. The van der Waals surface area contributed by atoms with Crippen LogP contribution in [0.15, 0.2) is 54.6 Å². The number of hydrogen-bond donors (Lipinski definition) is 1. The van der Waals surface area contributed by atoms with Crippen LogP contribution in [0.4, 0.5) is 5.69 Å². The summed E-state index contributed by atoms with van der Waals surface area (Å²) >= 11 is 0. The topological polar surface area (TPSA) is 79.0 Å². The summed E-state index contributed by atoms with van der Waals surface area (Å²) in [5.74, 6) is 0.545. The van der Waals surface area contributed by atoms with Gasteiger partial charge < -0.3 is 19.9 Å². The molecule has 0 bridgehead atoms. The lowest BCUT2D eigenvalue weighted by molar-refractivity contribution is -0.141. The second-order valence-corrected chi connectivity index (χ2v) is 9.29. The van der Waals surface area contributed by atoms with Crippen LogP contribution < -0.4 is 10.1 Å². The minimum absolute atomic E-state index is 0.0118. The number of amides is 3. The maximum absolute atomic E-state index is 13.3. The van der Waals surface area contributed by atoms with E-state index in [2.05, 4.69) is 5.32 Å². The molecule has 2 aromatic carbocycles. The Labute approximate surface area is 193 Å². The van der Waals surface area contributed by atoms with Gasteiger partial charge in [0.1, 0.15) is 11.4 Å². The molecule has 2 aromatic rings. The summed E-state index contributed by atoms with van der Waals surface area (Å²) in [6.45, 7) is 2.25. The van der Waals surface area contributed by atoms with E-state index in [4.69, 9.17) is 4.74 Å². The summed E-state index contributed by atoms with van der Waals surface area (Å²) < 4.78 is 6.35. The molecule has 2 fully saturated rings. The normalized spacial score (nSPS) is 22.1. The second-order valence-electron chi connectivity index (χ2n) is 9.29. The Bertz CT molecular complexity index is 1050. The molecule has 1 spiro atoms. The van der Waals surface area contributed by atoms with Crippen LogP contribution in [0.5, 0.6) is 5.75 Å². The molecule has 1 atom stereocenters. The molecule has 3 aliphatic rings. The van der Waals surface area contributed by atoms with Gasteiger partial charge in [0, 0.05) is 44.6 Å². The Morgan fingerprint density at radius 2 is 1.67 bits per heavy atom. The first-order chi connectivity index (χ1) is 16.0. The van der Waals surface area contributed by atoms with Gasteiger partial charge in [0.25, 0.3) is 5.91 Å². The summed E-state index contributed by atoms with van der Waals surface area (Å²) in [5, 5.41) is 2.93. The number of fused-ring (bicyclic) bond motifs is 1. The number of para-hydroxylation sites is 2. The van der Waals surface area contributed by atoms with Gasteiger partial charge in [0.15, 0.2) is 0 Å². The highest BCUT2D eigenvalue weighted by Gasteiger charge is 2.43. The summed E-state index contributed by atoms with van der Waals surface area (Å²) in [6, 6.07) is 16.7. The van der Waals surface area contributed by atoms with Crippen molar-refractivity contribution in [2.75, 3.05) is 31.5 Å². The average Bonchev–Trinajstić information content (AvgIpc) is 2.99. The molecule has 7 nitrogen and oxygen atoms in total. The molecule has 0 saturated carbocycles. The Balaban J connectivity index is 1.22. The molecule has 3 aliphatic heterocycles. The number of likely N-dealkylation sites (tertiary alicyclic amines) is 2. The monoisotopic (exact) mass is 447 g/mol. The summed E-state index contributed by atoms with van der Waals surface area (Å²) in [5.41, 5.74) is 0.771. The minimum Gasteiger partial charge on any atom is -0.484 e. The molecule has 33 heavy (non-hydrogen) atoms. The van der Waals surface area contributed by atoms with E-state index >= 15 is 0 Å². The largest absolute Gasteiger partial charge is 0.484 e. The molecule has 3 heterocycles. The van der Waals surface area contributed by atoms with Crippen LogP contribution in [0.1, 0.15) is 42.5 Å². The minimum atomic E-state index is -0.588. The highest BCUT2D eigenvalue weighted by atomic mass is 16.5. The fraction of sp³-hybridized carbons (Fsp3) is 0.423. The Kier molecular flexibility index (Phi) is 5.79. The van der Waals surface area contributed by atoms with Crippen molar-refractivity contribution in [3.63, 3.8) is 0 Å². The van der Waals surface area contributed by atoms with E-state index in [1.165, 1.54) is 0 Å². The first-order valence-electron chi connectivity index (χ1n) is 11.7. The van der Waals surface area contributed by atoms with E-state index in [-0.39, 0.29) is 30.1 Å². The first kappa shape index (κ1) is 21.5. The zero-order valence-electron chi connectivity index (χ0n) is 18.7. The van der Waals surface area contributed by atoms with Gasteiger partial charge in [-0.1, -0.05) is 30.3 Å². The van der Waals surface area contributed by atoms with Crippen LogP contribution in [-0.2, 0) is 9.59 Å². The third-order valence-corrected chi connectivity index (χ3v) is 7.04. The zero-order chi connectivity index (χ0) is 22.8. The maximum Gasteiger partial charge on any atom is 0.253 e. The van der Waals surface area contributed by atoms with Gasteiger partial charge in [0.2, 0.25) is 11.8 Å². The van der Waals surface area contributed by atoms with Crippen molar-refractivity contribution in [3.8, 4) is 5.75 Å². The molecular weight excluding hydrogens is 418 g/mol. The lowest BCUT2D eigenvalue weighted by Crippen LogP contribution is -2.53. The van der Waals surface area contributed by atoms with Crippen LogP contribution in [-0.4, -0.2) is 59.3 Å². The van der Waals surface area contributed by atoms with Gasteiger partial charge in [-0.05, 0) is 37.1 Å². The lowest BCUT2D eigenvalue weighted by atomic mass is 9.86. The molecule has 7 heteroatoms. The summed E-state index contributed by atoms with van der Waals surface area (Å²) in [6.07, 6.45) is 3.13. The average molecular weight is 448 g/mol. The van der Waals surface area contributed by atoms with Gasteiger partial charge in [-0.3, -0.25) is 14.4 Å². The zero-order valence-corrected chi connectivity index (χ0v) is 18.7. The van der Waals surface area contributed by atoms with Gasteiger partial charge in [-0.15, -0.1) is 0 Å². The van der Waals surface area contributed by atoms with E-state index in [1.54, 1.807) is 0 Å². The van der Waals surface area contributed by atoms with Crippen LogP contribution in [0.25, 0.3) is 0 Å². The van der Waals surface area contributed by atoms with Gasteiger partial charge in [0.05, 0.1) is 18.0 Å². The quantitative estimate of drug-likeness (QED) is 0.766. The van der Waals surface area contributed by atoms with Crippen molar-refractivity contribution < 1.29 is 19.1 Å². The first-order valence-corrected chi connectivity index (χ1v) is 11.7. The van der Waals surface area contributed by atoms with E-state index < -0.39 is 5.60 Å². The number of rotatable bonds is 2. The summed E-state index contributed by atoms with van der Waals surface area (Å²) in [4.78, 5) is 42.4. The third kappa shape index (κ3) is 4.45. The van der Waals surface area contributed by atoms with Crippen LogP contribution in [0.2, 0.25) is 0 Å². The van der Waals surface area contributed by atoms with Crippen molar-refractivity contribution >= 4 is 23.4 Å². The number of piperidine rings is 2. The van der Waals surface area contributed by atoms with Crippen molar-refractivity contribution in [1.29, 1.82) is 0 Å². The predicted molar refractivity (Wildman–Crippen MR) is 124 cm³/mol. The Morgan fingerprint density at radius 1 is 0.939 bits per heavy atom. The molecule has 0 aromatic heterocycles. The van der Waals surface area contributed by atoms with Crippen LogP contribution >= 0.6 is 0 Å². The van der Waals surface area contributed by atoms with Gasteiger partial charge >= 0.3 is 0 Å². The fourth-order valence-corrected chi connectivity index (χ4v) is 5.21. The smallest absolute Gasteiger partial charge is 0.253 e. The molecule has 0 radical (unpaired) electrons. The number of hydrogen-bond acceptors (Lipinski definition) is 4. The number of ether oxygens (including phenoxy) is 1. The van der Waals surface area contributed by atoms with Gasteiger partial charge in [-0.2, -0.15) is 0 Å². The molecule has 2 saturated heterocycles.